The monoisotopic (exact) mass is 434 g/mol. The quantitative estimate of drug-likeness (QED) is 0.436. The van der Waals surface area contributed by atoms with E-state index in [0.29, 0.717) is 18.4 Å². The van der Waals surface area contributed by atoms with Crippen molar-refractivity contribution in [2.75, 3.05) is 26.2 Å². The molecule has 0 aromatic heterocycles. The number of carbonyl (C=O) groups is 4. The van der Waals surface area contributed by atoms with Crippen LogP contribution >= 0.6 is 0 Å². The smallest absolute Gasteiger partial charge is 0.260 e. The average Bonchev–Trinajstić information content (AvgIpc) is 3.18. The molecule has 0 spiro atoms. The van der Waals surface area contributed by atoms with Gasteiger partial charge in [-0.3, -0.25) is 19.2 Å². The van der Waals surface area contributed by atoms with Crippen LogP contribution in [0.4, 0.5) is 4.39 Å². The summed E-state index contributed by atoms with van der Waals surface area (Å²) in [5.74, 6) is -2.54. The summed E-state index contributed by atoms with van der Waals surface area (Å²) in [5, 5.41) is 15.3. The molecule has 1 saturated heterocycles. The molecule has 2 fully saturated rings. The van der Waals surface area contributed by atoms with Gasteiger partial charge in [-0.15, -0.1) is 0 Å². The zero-order chi connectivity index (χ0) is 22.6. The van der Waals surface area contributed by atoms with Crippen LogP contribution in [-0.2, 0) is 14.4 Å². The van der Waals surface area contributed by atoms with Gasteiger partial charge in [-0.2, -0.15) is 0 Å². The lowest BCUT2D eigenvalue weighted by atomic mass is 9.78. The molecule has 0 radical (unpaired) electrons. The second kappa shape index (κ2) is 9.01. The van der Waals surface area contributed by atoms with E-state index in [4.69, 9.17) is 5.73 Å². The molecule has 2 aliphatic rings. The van der Waals surface area contributed by atoms with Gasteiger partial charge < -0.3 is 26.4 Å². The fourth-order valence-corrected chi connectivity index (χ4v) is 4.01. The Bertz CT molecular complexity index is 851. The number of aliphatic hydroxyl groups is 1. The second-order valence-electron chi connectivity index (χ2n) is 8.34. The Labute approximate surface area is 179 Å². The zero-order valence-corrected chi connectivity index (χ0v) is 17.1. The largest absolute Gasteiger partial charge is 0.386 e. The van der Waals surface area contributed by atoms with Crippen LogP contribution in [0.1, 0.15) is 36.0 Å². The van der Waals surface area contributed by atoms with E-state index >= 15 is 0 Å². The summed E-state index contributed by atoms with van der Waals surface area (Å²) in [5.41, 5.74) is 2.99. The Morgan fingerprint density at radius 1 is 1.10 bits per heavy atom. The molecule has 4 amide bonds. The number of halogens is 1. The van der Waals surface area contributed by atoms with Crippen LogP contribution in [0.15, 0.2) is 30.3 Å². The lowest BCUT2D eigenvalue weighted by molar-refractivity contribution is -0.163. The summed E-state index contributed by atoms with van der Waals surface area (Å²) in [7, 11) is 0. The number of nitrogens with one attached hydrogen (secondary N) is 2. The molecular weight excluding hydrogens is 407 g/mol. The average molecular weight is 434 g/mol. The third kappa shape index (κ3) is 4.84. The van der Waals surface area contributed by atoms with Gasteiger partial charge in [-0.05, 0) is 25.0 Å². The zero-order valence-electron chi connectivity index (χ0n) is 17.1. The Kier molecular flexibility index (Phi) is 6.59. The number of benzene rings is 1. The molecule has 1 aromatic rings. The minimum absolute atomic E-state index is 0.145. The van der Waals surface area contributed by atoms with E-state index in [-0.39, 0.29) is 39.0 Å². The molecule has 1 aliphatic carbocycles. The molecule has 1 unspecified atom stereocenters. The van der Waals surface area contributed by atoms with Gasteiger partial charge in [-0.25, -0.2) is 4.39 Å². The molecule has 168 valence electrons. The summed E-state index contributed by atoms with van der Waals surface area (Å²) >= 11 is 0. The van der Waals surface area contributed by atoms with Crippen molar-refractivity contribution in [2.24, 2.45) is 11.1 Å². The number of nitrogens with two attached hydrogens (primary N) is 1. The Hall–Kier alpha value is -3.01. The topological polar surface area (TPSA) is 142 Å². The van der Waals surface area contributed by atoms with E-state index in [9.17, 15) is 28.7 Å². The number of primary amides is 1. The SMILES string of the molecule is NC(=O)C1(CNC(=O)CNC(=O)c2ccccc2)CN(C(=O)C(F)C2(O)CCCC2)C1. The highest BCUT2D eigenvalue weighted by atomic mass is 19.1. The lowest BCUT2D eigenvalue weighted by Gasteiger charge is -2.49. The van der Waals surface area contributed by atoms with Gasteiger partial charge in [-0.1, -0.05) is 31.0 Å². The molecule has 10 heteroatoms. The maximum absolute atomic E-state index is 14.6. The van der Waals surface area contributed by atoms with Crippen LogP contribution in [0, 0.1) is 5.41 Å². The van der Waals surface area contributed by atoms with Gasteiger partial charge >= 0.3 is 0 Å². The first-order chi connectivity index (χ1) is 14.7. The van der Waals surface area contributed by atoms with Crippen LogP contribution in [0.2, 0.25) is 0 Å². The number of hydrogen-bond acceptors (Lipinski definition) is 5. The third-order valence-electron chi connectivity index (χ3n) is 6.05. The Morgan fingerprint density at radius 2 is 1.71 bits per heavy atom. The van der Waals surface area contributed by atoms with E-state index in [1.54, 1.807) is 30.3 Å². The van der Waals surface area contributed by atoms with Crippen LogP contribution in [0.25, 0.3) is 0 Å². The maximum Gasteiger partial charge on any atom is 0.260 e. The van der Waals surface area contributed by atoms with Crippen molar-refractivity contribution >= 4 is 23.6 Å². The van der Waals surface area contributed by atoms with Gasteiger partial charge in [0.25, 0.3) is 11.8 Å². The second-order valence-corrected chi connectivity index (χ2v) is 8.34. The van der Waals surface area contributed by atoms with Crippen molar-refractivity contribution in [1.29, 1.82) is 0 Å². The van der Waals surface area contributed by atoms with Crippen LogP contribution < -0.4 is 16.4 Å². The molecule has 1 saturated carbocycles. The van der Waals surface area contributed by atoms with Crippen LogP contribution in [0.3, 0.4) is 0 Å². The fraction of sp³-hybridized carbons (Fsp3) is 0.524. The first kappa shape index (κ1) is 22.7. The third-order valence-corrected chi connectivity index (χ3v) is 6.05. The number of likely N-dealkylation sites (tertiary alicyclic amines) is 1. The molecule has 5 N–H and O–H groups in total. The van der Waals surface area contributed by atoms with Gasteiger partial charge in [0.1, 0.15) is 11.0 Å². The number of nitrogens with zero attached hydrogens (tertiary/aromatic N) is 1. The van der Waals surface area contributed by atoms with E-state index in [2.05, 4.69) is 10.6 Å². The van der Waals surface area contributed by atoms with Crippen molar-refractivity contribution in [3.8, 4) is 0 Å². The number of alkyl halides is 1. The molecular formula is C21H27FN4O5. The Morgan fingerprint density at radius 3 is 2.29 bits per heavy atom. The normalized spacial score (nSPS) is 19.7. The van der Waals surface area contributed by atoms with Crippen molar-refractivity contribution in [3.05, 3.63) is 35.9 Å². The van der Waals surface area contributed by atoms with E-state index in [1.165, 1.54) is 0 Å². The first-order valence-electron chi connectivity index (χ1n) is 10.2. The number of hydrogen-bond donors (Lipinski definition) is 4. The van der Waals surface area contributed by atoms with Crippen molar-refractivity contribution in [3.63, 3.8) is 0 Å². The van der Waals surface area contributed by atoms with E-state index in [1.807, 2.05) is 0 Å². The van der Waals surface area contributed by atoms with E-state index < -0.39 is 40.8 Å². The Balaban J connectivity index is 1.48. The molecule has 1 aliphatic heterocycles. The van der Waals surface area contributed by atoms with Gasteiger partial charge in [0.2, 0.25) is 18.0 Å². The summed E-state index contributed by atoms with van der Waals surface area (Å²) in [4.78, 5) is 49.5. The highest BCUT2D eigenvalue weighted by Crippen LogP contribution is 2.37. The number of amides is 4. The molecule has 9 nitrogen and oxygen atoms in total. The lowest BCUT2D eigenvalue weighted by Crippen LogP contribution is -2.69. The van der Waals surface area contributed by atoms with Gasteiger partial charge in [0.05, 0.1) is 6.54 Å². The summed E-state index contributed by atoms with van der Waals surface area (Å²) in [6.45, 7) is -0.735. The van der Waals surface area contributed by atoms with Gasteiger partial charge in [0, 0.05) is 25.2 Å². The summed E-state index contributed by atoms with van der Waals surface area (Å²) < 4.78 is 14.6. The predicted molar refractivity (Wildman–Crippen MR) is 108 cm³/mol. The molecule has 3 rings (SSSR count). The van der Waals surface area contributed by atoms with Crippen molar-refractivity contribution in [1.82, 2.24) is 15.5 Å². The molecule has 0 bridgehead atoms. The summed E-state index contributed by atoms with van der Waals surface area (Å²) in [6.07, 6.45) is -0.299. The fourth-order valence-electron chi connectivity index (χ4n) is 4.01. The van der Waals surface area contributed by atoms with E-state index in [0.717, 1.165) is 4.90 Å². The van der Waals surface area contributed by atoms with Gasteiger partial charge in [0.15, 0.2) is 0 Å². The standard InChI is InChI=1S/C21H27FN4O5/c22-16(21(31)8-4-5-9-21)18(29)26-12-20(13-26,19(23)30)11-25-15(27)10-24-17(28)14-6-2-1-3-7-14/h1-3,6-7,16,31H,4-5,8-13H2,(H2,23,30)(H,24,28)(H,25,27). The number of carbonyl (C=O) groups excluding carboxylic acids is 4. The highest BCUT2D eigenvalue weighted by Gasteiger charge is 2.54. The molecule has 1 aromatic carbocycles. The number of rotatable bonds is 8. The molecule has 1 atom stereocenters. The van der Waals surface area contributed by atoms with Crippen LogP contribution in [0.5, 0.6) is 0 Å². The van der Waals surface area contributed by atoms with Crippen LogP contribution in [-0.4, -0.2) is 71.6 Å². The van der Waals surface area contributed by atoms with Crippen molar-refractivity contribution < 1.29 is 28.7 Å². The summed E-state index contributed by atoms with van der Waals surface area (Å²) in [6, 6.07) is 8.37. The molecule has 1 heterocycles. The minimum atomic E-state index is -2.05. The predicted octanol–water partition coefficient (Wildman–Crippen LogP) is -0.510. The minimum Gasteiger partial charge on any atom is -0.386 e. The maximum atomic E-state index is 14.6. The van der Waals surface area contributed by atoms with Crippen molar-refractivity contribution in [2.45, 2.75) is 37.5 Å². The highest BCUT2D eigenvalue weighted by molar-refractivity contribution is 5.96. The first-order valence-corrected chi connectivity index (χ1v) is 10.2. The molecule has 31 heavy (non-hydrogen) atoms.